The van der Waals surface area contributed by atoms with Crippen LogP contribution in [0.15, 0.2) is 4.99 Å². The molecule has 200 valence electrons. The predicted molar refractivity (Wildman–Crippen MR) is 145 cm³/mol. The zero-order valence-corrected chi connectivity index (χ0v) is 22.3. The van der Waals surface area contributed by atoms with Gasteiger partial charge in [0.15, 0.2) is 17.5 Å². The predicted octanol–water partition coefficient (Wildman–Crippen LogP) is 3.84. The van der Waals surface area contributed by atoms with Gasteiger partial charge < -0.3 is 22.5 Å². The number of aliphatic imine (C=N–C) groups is 1. The van der Waals surface area contributed by atoms with E-state index in [1.54, 1.807) is 6.92 Å². The lowest BCUT2D eigenvalue weighted by Gasteiger charge is -2.08. The second-order valence-electron chi connectivity index (χ2n) is 8.28. The van der Waals surface area contributed by atoms with Crippen molar-refractivity contribution in [1.82, 2.24) is 20.6 Å². The number of nitrogens with zero attached hydrogens (tertiary/aromatic N) is 3. The Hall–Kier alpha value is -2.91. The van der Waals surface area contributed by atoms with E-state index in [9.17, 15) is 9.59 Å². The first-order chi connectivity index (χ1) is 16.8. The normalized spacial score (nSPS) is 10.9. The zero-order chi connectivity index (χ0) is 26.5. The highest BCUT2D eigenvalue weighted by molar-refractivity contribution is 6.06. The molecule has 0 atom stereocenters. The average Bonchev–Trinajstić information content (AvgIpc) is 2.83. The fraction of sp³-hybridized carbons (Fsp3) is 0.720. The van der Waals surface area contributed by atoms with E-state index in [2.05, 4.69) is 32.5 Å². The molecule has 0 aliphatic heterocycles. The second kappa shape index (κ2) is 20.5. The molecule has 0 aliphatic rings. The molecule has 8 N–H and O–H groups in total. The number of carbonyl (C=O) groups is 2. The molecule has 0 unspecified atom stereocenters. The van der Waals surface area contributed by atoms with Crippen LogP contribution in [0.1, 0.15) is 114 Å². The molecule has 1 aromatic rings. The maximum atomic E-state index is 12.2. The van der Waals surface area contributed by atoms with Gasteiger partial charge in [0.25, 0.3) is 5.91 Å². The molecule has 10 nitrogen and oxygen atoms in total. The van der Waals surface area contributed by atoms with E-state index in [1.807, 2.05) is 13.8 Å². The summed E-state index contributed by atoms with van der Waals surface area (Å²) >= 11 is 0. The van der Waals surface area contributed by atoms with Crippen LogP contribution in [0.3, 0.4) is 0 Å². The largest absolute Gasteiger partial charge is 0.382 e. The Labute approximate surface area is 211 Å². The summed E-state index contributed by atoms with van der Waals surface area (Å²) in [5.41, 5.74) is 17.5. The molecule has 1 heterocycles. The van der Waals surface area contributed by atoms with Crippen LogP contribution in [-0.4, -0.2) is 40.8 Å². The highest BCUT2D eigenvalue weighted by atomic mass is 16.2. The van der Waals surface area contributed by atoms with Gasteiger partial charge in [0.1, 0.15) is 5.82 Å². The average molecular weight is 493 g/mol. The first kappa shape index (κ1) is 32.1. The number of hydrogen-bond donors (Lipinski definition) is 5. The fourth-order valence-corrected chi connectivity index (χ4v) is 3.26. The highest BCUT2D eigenvalue weighted by Gasteiger charge is 2.15. The molecular formula is C25H48N8O2. The number of rotatable bonds is 16. The number of anilines is 2. The maximum absolute atomic E-state index is 12.2. The standard InChI is InChI=1S/C23H42N8O2.C2H6/c1-3-4-15-27-18(32)14-12-10-8-6-5-7-9-11-13-16-28-23(26)31-22(33)19-21(25)30-20(24)17(2)29-19;1-2/h3-16H2,1-2H3,(H,27,32)(H4,24,25,30)(H3,26,28,31,33);1-2H3. The van der Waals surface area contributed by atoms with E-state index < -0.39 is 5.91 Å². The molecule has 0 aliphatic carbocycles. The Morgan fingerprint density at radius 2 is 1.43 bits per heavy atom. The summed E-state index contributed by atoms with van der Waals surface area (Å²) in [6.45, 7) is 9.12. The van der Waals surface area contributed by atoms with Crippen LogP contribution in [0.5, 0.6) is 0 Å². The summed E-state index contributed by atoms with van der Waals surface area (Å²) in [7, 11) is 0. The summed E-state index contributed by atoms with van der Waals surface area (Å²) in [6.07, 6.45) is 12.8. The number of nitrogen functional groups attached to an aromatic ring is 2. The number of nitrogens with two attached hydrogens (primary N) is 3. The molecule has 10 heteroatoms. The van der Waals surface area contributed by atoms with Crippen molar-refractivity contribution >= 4 is 29.4 Å². The topological polar surface area (TPSA) is 174 Å². The summed E-state index contributed by atoms with van der Waals surface area (Å²) in [5, 5.41) is 5.44. The minimum Gasteiger partial charge on any atom is -0.382 e. The van der Waals surface area contributed by atoms with E-state index in [1.165, 1.54) is 25.7 Å². The van der Waals surface area contributed by atoms with Gasteiger partial charge >= 0.3 is 0 Å². The molecule has 1 aromatic heterocycles. The summed E-state index contributed by atoms with van der Waals surface area (Å²) < 4.78 is 0. The van der Waals surface area contributed by atoms with Gasteiger partial charge in [-0.05, 0) is 26.2 Å². The van der Waals surface area contributed by atoms with Crippen molar-refractivity contribution in [2.24, 2.45) is 10.7 Å². The van der Waals surface area contributed by atoms with Crippen LogP contribution in [0.25, 0.3) is 0 Å². The van der Waals surface area contributed by atoms with Crippen LogP contribution in [0, 0.1) is 6.92 Å². The molecule has 0 saturated carbocycles. The molecule has 0 radical (unpaired) electrons. The van der Waals surface area contributed by atoms with Crippen molar-refractivity contribution in [2.45, 2.75) is 105 Å². The Balaban J connectivity index is 0.00000562. The van der Waals surface area contributed by atoms with Crippen LogP contribution < -0.4 is 27.8 Å². The number of nitrogens with one attached hydrogen (secondary N) is 2. The maximum Gasteiger partial charge on any atom is 0.280 e. The summed E-state index contributed by atoms with van der Waals surface area (Å²) in [4.78, 5) is 35.9. The molecule has 0 aromatic carbocycles. The van der Waals surface area contributed by atoms with E-state index in [-0.39, 0.29) is 29.2 Å². The minimum absolute atomic E-state index is 0.0184. The lowest BCUT2D eigenvalue weighted by Crippen LogP contribution is -2.38. The highest BCUT2D eigenvalue weighted by Crippen LogP contribution is 2.12. The first-order valence-electron chi connectivity index (χ1n) is 13.1. The van der Waals surface area contributed by atoms with E-state index in [0.717, 1.165) is 51.5 Å². The van der Waals surface area contributed by atoms with Crippen LogP contribution in [0.4, 0.5) is 11.6 Å². The third kappa shape index (κ3) is 15.6. The third-order valence-corrected chi connectivity index (χ3v) is 5.29. The molecule has 0 spiro atoms. The van der Waals surface area contributed by atoms with Gasteiger partial charge in [0.05, 0.1) is 5.69 Å². The molecular weight excluding hydrogens is 444 g/mol. The zero-order valence-electron chi connectivity index (χ0n) is 22.3. The molecule has 35 heavy (non-hydrogen) atoms. The number of guanidine groups is 1. The van der Waals surface area contributed by atoms with Crippen LogP contribution in [0.2, 0.25) is 0 Å². The van der Waals surface area contributed by atoms with Crippen molar-refractivity contribution in [3.63, 3.8) is 0 Å². The summed E-state index contributed by atoms with van der Waals surface area (Å²) in [5.74, 6) is -0.190. The van der Waals surface area contributed by atoms with Gasteiger partial charge in [-0.25, -0.2) is 9.97 Å². The number of aryl methyl sites for hydroxylation is 1. The van der Waals surface area contributed by atoms with Crippen molar-refractivity contribution in [3.8, 4) is 0 Å². The van der Waals surface area contributed by atoms with E-state index >= 15 is 0 Å². The SMILES string of the molecule is CC.CCCCNC(=O)CCCCCCCCCCCN=C(N)NC(=O)c1nc(C)c(N)nc1N. The van der Waals surface area contributed by atoms with Gasteiger partial charge in [-0.3, -0.25) is 19.9 Å². The molecule has 2 amide bonds. The lowest BCUT2D eigenvalue weighted by atomic mass is 10.1. The monoisotopic (exact) mass is 492 g/mol. The fourth-order valence-electron chi connectivity index (χ4n) is 3.26. The Kier molecular flexibility index (Phi) is 18.8. The quantitative estimate of drug-likeness (QED) is 0.132. The number of carbonyl (C=O) groups excluding carboxylic acids is 2. The molecule has 1 rings (SSSR count). The Morgan fingerprint density at radius 3 is 2.03 bits per heavy atom. The van der Waals surface area contributed by atoms with Gasteiger partial charge in [0, 0.05) is 19.5 Å². The number of hydrogen-bond acceptors (Lipinski definition) is 7. The number of aromatic nitrogens is 2. The van der Waals surface area contributed by atoms with Crippen molar-refractivity contribution in [2.75, 3.05) is 24.6 Å². The van der Waals surface area contributed by atoms with Crippen LogP contribution >= 0.6 is 0 Å². The van der Waals surface area contributed by atoms with E-state index in [4.69, 9.17) is 17.2 Å². The van der Waals surface area contributed by atoms with Crippen molar-refractivity contribution < 1.29 is 9.59 Å². The lowest BCUT2D eigenvalue weighted by molar-refractivity contribution is -0.121. The van der Waals surface area contributed by atoms with Gasteiger partial charge in [-0.15, -0.1) is 0 Å². The Morgan fingerprint density at radius 1 is 0.857 bits per heavy atom. The second-order valence-corrected chi connectivity index (χ2v) is 8.28. The molecule has 0 fully saturated rings. The van der Waals surface area contributed by atoms with Gasteiger partial charge in [-0.1, -0.05) is 72.1 Å². The summed E-state index contributed by atoms with van der Waals surface area (Å²) in [6, 6.07) is 0. The van der Waals surface area contributed by atoms with Gasteiger partial charge in [-0.2, -0.15) is 0 Å². The Bertz CT molecular complexity index is 768. The van der Waals surface area contributed by atoms with Crippen molar-refractivity contribution in [3.05, 3.63) is 11.4 Å². The van der Waals surface area contributed by atoms with E-state index in [0.29, 0.717) is 18.7 Å². The minimum atomic E-state index is -0.554. The smallest absolute Gasteiger partial charge is 0.280 e. The van der Waals surface area contributed by atoms with Crippen LogP contribution in [-0.2, 0) is 4.79 Å². The third-order valence-electron chi connectivity index (χ3n) is 5.29. The van der Waals surface area contributed by atoms with Gasteiger partial charge in [0.2, 0.25) is 5.91 Å². The molecule has 0 bridgehead atoms. The number of amides is 2. The van der Waals surface area contributed by atoms with Crippen molar-refractivity contribution in [1.29, 1.82) is 0 Å². The first-order valence-corrected chi connectivity index (χ1v) is 13.1. The number of unbranched alkanes of at least 4 members (excludes halogenated alkanes) is 9. The molecule has 0 saturated heterocycles.